The molecule has 1 aliphatic heterocycles. The first kappa shape index (κ1) is 12.9. The Morgan fingerprint density at radius 2 is 2.18 bits per heavy atom. The first-order valence-corrected chi connectivity index (χ1v) is 6.50. The van der Waals surface area contributed by atoms with Crippen LogP contribution < -0.4 is 0 Å². The Hall–Kier alpha value is -0.570. The normalized spacial score (nSPS) is 20.2. The SMILES string of the molecule is O=C(Cc1ccc(Cl)cc1Cl)C1CCCCO1. The van der Waals surface area contributed by atoms with Crippen molar-refractivity contribution in [1.82, 2.24) is 0 Å². The Labute approximate surface area is 111 Å². The van der Waals surface area contributed by atoms with Gasteiger partial charge in [-0.3, -0.25) is 4.79 Å². The molecule has 0 amide bonds. The summed E-state index contributed by atoms with van der Waals surface area (Å²) in [5, 5.41) is 1.13. The van der Waals surface area contributed by atoms with E-state index < -0.39 is 0 Å². The lowest BCUT2D eigenvalue weighted by Gasteiger charge is -2.21. The summed E-state index contributed by atoms with van der Waals surface area (Å²) >= 11 is 11.8. The molecule has 0 aliphatic carbocycles. The van der Waals surface area contributed by atoms with E-state index >= 15 is 0 Å². The predicted molar refractivity (Wildman–Crippen MR) is 68.8 cm³/mol. The molecule has 1 atom stereocenters. The number of hydrogen-bond donors (Lipinski definition) is 0. The molecule has 1 heterocycles. The number of ether oxygens (including phenoxy) is 1. The standard InChI is InChI=1S/C13H14Cl2O2/c14-10-5-4-9(11(15)8-10)7-12(16)13-3-1-2-6-17-13/h4-5,8,13H,1-3,6-7H2. The number of rotatable bonds is 3. The highest BCUT2D eigenvalue weighted by Crippen LogP contribution is 2.23. The summed E-state index contributed by atoms with van der Waals surface area (Å²) in [5.74, 6) is 0.105. The molecule has 4 heteroatoms. The van der Waals surface area contributed by atoms with Crippen LogP contribution >= 0.6 is 23.2 Å². The van der Waals surface area contributed by atoms with E-state index in [1.807, 2.05) is 0 Å². The third-order valence-corrected chi connectivity index (χ3v) is 3.51. The molecule has 2 nitrogen and oxygen atoms in total. The van der Waals surface area contributed by atoms with Gasteiger partial charge in [0, 0.05) is 23.1 Å². The van der Waals surface area contributed by atoms with Crippen LogP contribution in [0.25, 0.3) is 0 Å². The maximum Gasteiger partial charge on any atom is 0.165 e. The number of halogens is 2. The fraction of sp³-hybridized carbons (Fsp3) is 0.462. The average molecular weight is 273 g/mol. The van der Waals surface area contributed by atoms with E-state index in [-0.39, 0.29) is 11.9 Å². The lowest BCUT2D eigenvalue weighted by Crippen LogP contribution is -2.29. The molecule has 2 rings (SSSR count). The topological polar surface area (TPSA) is 26.3 Å². The zero-order valence-corrected chi connectivity index (χ0v) is 10.9. The minimum Gasteiger partial charge on any atom is -0.370 e. The van der Waals surface area contributed by atoms with Gasteiger partial charge >= 0.3 is 0 Å². The number of benzene rings is 1. The molecule has 1 aromatic carbocycles. The van der Waals surface area contributed by atoms with Crippen molar-refractivity contribution in [2.24, 2.45) is 0 Å². The molecule has 0 saturated carbocycles. The van der Waals surface area contributed by atoms with Gasteiger partial charge in [0.2, 0.25) is 0 Å². The van der Waals surface area contributed by atoms with Gasteiger partial charge in [-0.15, -0.1) is 0 Å². The van der Waals surface area contributed by atoms with Crippen molar-refractivity contribution >= 4 is 29.0 Å². The Balaban J connectivity index is 2.02. The quantitative estimate of drug-likeness (QED) is 0.839. The summed E-state index contributed by atoms with van der Waals surface area (Å²) in [6, 6.07) is 5.20. The summed E-state index contributed by atoms with van der Waals surface area (Å²) in [6.45, 7) is 0.685. The highest BCUT2D eigenvalue weighted by molar-refractivity contribution is 6.35. The van der Waals surface area contributed by atoms with Gasteiger partial charge in [0.05, 0.1) is 0 Å². The van der Waals surface area contributed by atoms with Crippen LogP contribution in [0.1, 0.15) is 24.8 Å². The minimum atomic E-state index is -0.254. The molecule has 1 aromatic rings. The molecule has 92 valence electrons. The van der Waals surface area contributed by atoms with E-state index in [9.17, 15) is 4.79 Å². The molecule has 0 N–H and O–H groups in total. The smallest absolute Gasteiger partial charge is 0.165 e. The summed E-state index contributed by atoms with van der Waals surface area (Å²) in [4.78, 5) is 12.0. The Kier molecular flexibility index (Phi) is 4.43. The highest BCUT2D eigenvalue weighted by Gasteiger charge is 2.22. The van der Waals surface area contributed by atoms with Gasteiger partial charge in [-0.2, -0.15) is 0 Å². The first-order valence-electron chi connectivity index (χ1n) is 5.75. The molecule has 1 unspecified atom stereocenters. The molecule has 0 aromatic heterocycles. The van der Waals surface area contributed by atoms with Gasteiger partial charge in [-0.05, 0) is 37.0 Å². The second kappa shape index (κ2) is 5.85. The third kappa shape index (κ3) is 3.44. The number of carbonyl (C=O) groups excluding carboxylic acids is 1. The van der Waals surface area contributed by atoms with Crippen molar-refractivity contribution in [3.63, 3.8) is 0 Å². The van der Waals surface area contributed by atoms with Crippen LogP contribution in [0.15, 0.2) is 18.2 Å². The van der Waals surface area contributed by atoms with E-state index in [1.54, 1.807) is 18.2 Å². The first-order chi connectivity index (χ1) is 8.16. The van der Waals surface area contributed by atoms with Gasteiger partial charge in [0.25, 0.3) is 0 Å². The molecular weight excluding hydrogens is 259 g/mol. The number of Topliss-reactive ketones (excluding diaryl/α,β-unsaturated/α-hetero) is 1. The van der Waals surface area contributed by atoms with Crippen molar-refractivity contribution in [1.29, 1.82) is 0 Å². The van der Waals surface area contributed by atoms with Crippen molar-refractivity contribution in [2.75, 3.05) is 6.61 Å². The molecule has 0 bridgehead atoms. The molecular formula is C13H14Cl2O2. The van der Waals surface area contributed by atoms with E-state index in [2.05, 4.69) is 0 Å². The Morgan fingerprint density at radius 3 is 2.82 bits per heavy atom. The summed E-state index contributed by atoms with van der Waals surface area (Å²) < 4.78 is 5.46. The van der Waals surface area contributed by atoms with Crippen molar-refractivity contribution in [3.8, 4) is 0 Å². The zero-order chi connectivity index (χ0) is 12.3. The molecule has 17 heavy (non-hydrogen) atoms. The third-order valence-electron chi connectivity index (χ3n) is 2.92. The minimum absolute atomic E-state index is 0.105. The number of hydrogen-bond acceptors (Lipinski definition) is 2. The number of ketones is 1. The predicted octanol–water partition coefficient (Wildman–Crippen LogP) is 3.67. The van der Waals surface area contributed by atoms with Gasteiger partial charge in [-0.25, -0.2) is 0 Å². The average Bonchev–Trinajstić information content (AvgIpc) is 2.34. The van der Waals surface area contributed by atoms with Crippen LogP contribution in [0.2, 0.25) is 10.0 Å². The summed E-state index contributed by atoms with van der Waals surface area (Å²) in [6.07, 6.45) is 3.00. The van der Waals surface area contributed by atoms with E-state index in [0.29, 0.717) is 23.1 Å². The van der Waals surface area contributed by atoms with Crippen LogP contribution in [0.3, 0.4) is 0 Å². The largest absolute Gasteiger partial charge is 0.370 e. The van der Waals surface area contributed by atoms with Gasteiger partial charge in [0.15, 0.2) is 5.78 Å². The fourth-order valence-corrected chi connectivity index (χ4v) is 2.44. The van der Waals surface area contributed by atoms with Gasteiger partial charge in [0.1, 0.15) is 6.10 Å². The van der Waals surface area contributed by atoms with Gasteiger partial charge in [-0.1, -0.05) is 29.3 Å². The monoisotopic (exact) mass is 272 g/mol. The van der Waals surface area contributed by atoms with Crippen molar-refractivity contribution in [2.45, 2.75) is 31.8 Å². The fourth-order valence-electron chi connectivity index (χ4n) is 1.96. The van der Waals surface area contributed by atoms with Crippen LogP contribution in [-0.2, 0) is 16.0 Å². The lowest BCUT2D eigenvalue weighted by atomic mass is 10.00. The second-order valence-corrected chi connectivity index (χ2v) is 5.08. The highest BCUT2D eigenvalue weighted by atomic mass is 35.5. The van der Waals surface area contributed by atoms with Crippen LogP contribution in [-0.4, -0.2) is 18.5 Å². The van der Waals surface area contributed by atoms with E-state index in [4.69, 9.17) is 27.9 Å². The Morgan fingerprint density at radius 1 is 1.35 bits per heavy atom. The van der Waals surface area contributed by atoms with Gasteiger partial charge < -0.3 is 4.74 Å². The van der Waals surface area contributed by atoms with E-state index in [0.717, 1.165) is 24.8 Å². The second-order valence-electron chi connectivity index (χ2n) is 4.23. The molecule has 1 aliphatic rings. The molecule has 0 radical (unpaired) electrons. The van der Waals surface area contributed by atoms with Crippen LogP contribution in [0.4, 0.5) is 0 Å². The maximum atomic E-state index is 12.0. The van der Waals surface area contributed by atoms with Crippen LogP contribution in [0.5, 0.6) is 0 Å². The van der Waals surface area contributed by atoms with Crippen LogP contribution in [0, 0.1) is 0 Å². The number of carbonyl (C=O) groups is 1. The summed E-state index contributed by atoms with van der Waals surface area (Å²) in [5.41, 5.74) is 0.815. The maximum absolute atomic E-state index is 12.0. The van der Waals surface area contributed by atoms with Crippen molar-refractivity contribution in [3.05, 3.63) is 33.8 Å². The van der Waals surface area contributed by atoms with Crippen molar-refractivity contribution < 1.29 is 9.53 Å². The lowest BCUT2D eigenvalue weighted by molar-refractivity contribution is -0.132. The van der Waals surface area contributed by atoms with E-state index in [1.165, 1.54) is 0 Å². The zero-order valence-electron chi connectivity index (χ0n) is 9.42. The molecule has 1 saturated heterocycles. The summed E-state index contributed by atoms with van der Waals surface area (Å²) in [7, 11) is 0. The Bertz CT molecular complexity index is 412. The molecule has 1 fully saturated rings. The molecule has 0 spiro atoms.